The highest BCUT2D eigenvalue weighted by Gasteiger charge is 2.17. The molecule has 0 amide bonds. The summed E-state index contributed by atoms with van der Waals surface area (Å²) in [5.74, 6) is 0.805. The van der Waals surface area contributed by atoms with Crippen molar-refractivity contribution in [3.05, 3.63) is 23.8 Å². The molecule has 1 aliphatic rings. The standard InChI is InChI=1S/C8H8N4O/c1-5-2-7-8-6(3-11-13-7)9-4-10-12(5)8/h2,4,11H,3H2,1H3. The Bertz CT molecular complexity index is 476. The van der Waals surface area contributed by atoms with E-state index in [1.54, 1.807) is 6.33 Å². The molecular weight excluding hydrogens is 168 g/mol. The minimum absolute atomic E-state index is 0.627. The van der Waals surface area contributed by atoms with Crippen LogP contribution in [0.1, 0.15) is 11.4 Å². The molecule has 5 nitrogen and oxygen atoms in total. The smallest absolute Gasteiger partial charge is 0.176 e. The van der Waals surface area contributed by atoms with Gasteiger partial charge in [0.15, 0.2) is 5.75 Å². The van der Waals surface area contributed by atoms with Crippen LogP contribution in [-0.4, -0.2) is 14.6 Å². The van der Waals surface area contributed by atoms with E-state index in [2.05, 4.69) is 15.6 Å². The molecule has 1 N–H and O–H groups in total. The normalized spacial score (nSPS) is 14.5. The lowest BCUT2D eigenvalue weighted by Crippen LogP contribution is -2.23. The van der Waals surface area contributed by atoms with Crippen LogP contribution in [0.3, 0.4) is 0 Å². The van der Waals surface area contributed by atoms with E-state index >= 15 is 0 Å². The van der Waals surface area contributed by atoms with Crippen molar-refractivity contribution in [2.45, 2.75) is 13.5 Å². The first-order valence-electron chi connectivity index (χ1n) is 4.08. The van der Waals surface area contributed by atoms with Crippen LogP contribution >= 0.6 is 0 Å². The zero-order valence-electron chi connectivity index (χ0n) is 7.11. The highest BCUT2D eigenvalue weighted by molar-refractivity contribution is 5.65. The number of hydroxylamine groups is 1. The fraction of sp³-hybridized carbons (Fsp3) is 0.250. The number of aryl methyl sites for hydroxylation is 1. The summed E-state index contributed by atoms with van der Waals surface area (Å²) in [5, 5.41) is 4.14. The molecule has 66 valence electrons. The van der Waals surface area contributed by atoms with Crippen molar-refractivity contribution < 1.29 is 4.84 Å². The van der Waals surface area contributed by atoms with Crippen molar-refractivity contribution in [2.24, 2.45) is 0 Å². The monoisotopic (exact) mass is 176 g/mol. The van der Waals surface area contributed by atoms with E-state index in [0.717, 1.165) is 22.7 Å². The molecular formula is C8H8N4O. The molecule has 3 rings (SSSR count). The predicted molar refractivity (Wildman–Crippen MR) is 45.2 cm³/mol. The van der Waals surface area contributed by atoms with Crippen LogP contribution < -0.4 is 10.3 Å². The Morgan fingerprint density at radius 1 is 1.62 bits per heavy atom. The van der Waals surface area contributed by atoms with Gasteiger partial charge in [-0.25, -0.2) is 9.50 Å². The van der Waals surface area contributed by atoms with E-state index < -0.39 is 0 Å². The van der Waals surface area contributed by atoms with Crippen LogP contribution in [0.4, 0.5) is 0 Å². The Morgan fingerprint density at radius 3 is 3.46 bits per heavy atom. The lowest BCUT2D eigenvalue weighted by atomic mass is 10.3. The van der Waals surface area contributed by atoms with Gasteiger partial charge in [0, 0.05) is 11.8 Å². The van der Waals surface area contributed by atoms with Gasteiger partial charge in [0.2, 0.25) is 0 Å². The number of aromatic nitrogens is 3. The second-order valence-corrected chi connectivity index (χ2v) is 3.04. The zero-order valence-corrected chi connectivity index (χ0v) is 7.11. The van der Waals surface area contributed by atoms with Crippen molar-refractivity contribution >= 4 is 5.52 Å². The highest BCUT2D eigenvalue weighted by atomic mass is 16.6. The number of nitrogens with zero attached hydrogens (tertiary/aromatic N) is 3. The van der Waals surface area contributed by atoms with E-state index in [0.29, 0.717) is 6.54 Å². The Kier molecular flexibility index (Phi) is 1.16. The minimum Gasteiger partial charge on any atom is -0.406 e. The molecule has 0 saturated carbocycles. The molecule has 2 aromatic rings. The summed E-state index contributed by atoms with van der Waals surface area (Å²) in [5.41, 5.74) is 5.81. The lowest BCUT2D eigenvalue weighted by Gasteiger charge is -2.12. The zero-order chi connectivity index (χ0) is 8.84. The van der Waals surface area contributed by atoms with Gasteiger partial charge in [-0.05, 0) is 6.92 Å². The maximum Gasteiger partial charge on any atom is 0.176 e. The van der Waals surface area contributed by atoms with Crippen LogP contribution in [0.5, 0.6) is 5.75 Å². The molecule has 5 heteroatoms. The number of hydrogen-bond donors (Lipinski definition) is 1. The van der Waals surface area contributed by atoms with Crippen molar-refractivity contribution in [3.63, 3.8) is 0 Å². The van der Waals surface area contributed by atoms with Crippen LogP contribution in [0.15, 0.2) is 12.4 Å². The summed E-state index contributed by atoms with van der Waals surface area (Å²) in [4.78, 5) is 9.44. The summed E-state index contributed by atoms with van der Waals surface area (Å²) in [6.45, 7) is 2.62. The quantitative estimate of drug-likeness (QED) is 0.632. The van der Waals surface area contributed by atoms with E-state index in [9.17, 15) is 0 Å². The second-order valence-electron chi connectivity index (χ2n) is 3.04. The molecule has 3 heterocycles. The Hall–Kier alpha value is -1.62. The summed E-state index contributed by atoms with van der Waals surface area (Å²) < 4.78 is 1.85. The topological polar surface area (TPSA) is 51.5 Å². The maximum atomic E-state index is 5.27. The third-order valence-corrected chi connectivity index (χ3v) is 2.20. The van der Waals surface area contributed by atoms with Crippen LogP contribution in [0, 0.1) is 6.92 Å². The van der Waals surface area contributed by atoms with Crippen LogP contribution in [-0.2, 0) is 6.54 Å². The lowest BCUT2D eigenvalue weighted by molar-refractivity contribution is 0.184. The predicted octanol–water partition coefficient (Wildman–Crippen LogP) is 0.435. The van der Waals surface area contributed by atoms with E-state index in [1.165, 1.54) is 0 Å². The first-order chi connectivity index (χ1) is 6.36. The molecule has 0 unspecified atom stereocenters. The molecule has 1 aliphatic heterocycles. The first-order valence-corrected chi connectivity index (χ1v) is 4.08. The van der Waals surface area contributed by atoms with E-state index in [4.69, 9.17) is 4.84 Å². The summed E-state index contributed by atoms with van der Waals surface area (Å²) in [6.07, 6.45) is 1.56. The minimum atomic E-state index is 0.627. The number of rotatable bonds is 0. The molecule has 13 heavy (non-hydrogen) atoms. The third kappa shape index (κ3) is 0.790. The van der Waals surface area contributed by atoms with Crippen LogP contribution in [0.2, 0.25) is 0 Å². The fourth-order valence-corrected chi connectivity index (χ4v) is 1.61. The highest BCUT2D eigenvalue weighted by Crippen LogP contribution is 2.27. The van der Waals surface area contributed by atoms with E-state index in [-0.39, 0.29) is 0 Å². The molecule has 0 bridgehead atoms. The van der Waals surface area contributed by atoms with Crippen molar-refractivity contribution in [1.29, 1.82) is 0 Å². The van der Waals surface area contributed by atoms with Crippen LogP contribution in [0.25, 0.3) is 5.52 Å². The molecule has 0 saturated heterocycles. The van der Waals surface area contributed by atoms with Gasteiger partial charge in [0.25, 0.3) is 0 Å². The maximum absolute atomic E-state index is 5.27. The Balaban J connectivity index is 2.51. The molecule has 0 radical (unpaired) electrons. The van der Waals surface area contributed by atoms with Crippen molar-refractivity contribution in [1.82, 2.24) is 20.1 Å². The first kappa shape index (κ1) is 6.85. The molecule has 0 atom stereocenters. The third-order valence-electron chi connectivity index (χ3n) is 2.20. The largest absolute Gasteiger partial charge is 0.406 e. The Labute approximate surface area is 74.3 Å². The molecule has 0 spiro atoms. The molecule has 0 aromatic carbocycles. The SMILES string of the molecule is Cc1cc2c3c(ncnn13)CNO2. The Morgan fingerprint density at radius 2 is 2.54 bits per heavy atom. The average molecular weight is 176 g/mol. The van der Waals surface area contributed by atoms with Gasteiger partial charge in [-0.3, -0.25) is 0 Å². The van der Waals surface area contributed by atoms with Gasteiger partial charge >= 0.3 is 0 Å². The van der Waals surface area contributed by atoms with Crippen molar-refractivity contribution in [2.75, 3.05) is 0 Å². The van der Waals surface area contributed by atoms with Gasteiger partial charge in [-0.15, -0.1) is 0 Å². The average Bonchev–Trinajstić information content (AvgIpc) is 2.47. The van der Waals surface area contributed by atoms with Gasteiger partial charge in [0.05, 0.1) is 12.2 Å². The van der Waals surface area contributed by atoms with Gasteiger partial charge in [-0.2, -0.15) is 10.6 Å². The van der Waals surface area contributed by atoms with Gasteiger partial charge in [-0.1, -0.05) is 0 Å². The van der Waals surface area contributed by atoms with Gasteiger partial charge in [0.1, 0.15) is 11.8 Å². The van der Waals surface area contributed by atoms with Gasteiger partial charge < -0.3 is 4.84 Å². The second kappa shape index (κ2) is 2.20. The summed E-state index contributed by atoms with van der Waals surface area (Å²) in [6, 6.07) is 1.94. The molecule has 0 fully saturated rings. The number of nitrogens with one attached hydrogen (secondary N) is 1. The summed E-state index contributed by atoms with van der Waals surface area (Å²) in [7, 11) is 0. The van der Waals surface area contributed by atoms with Crippen molar-refractivity contribution in [3.8, 4) is 5.75 Å². The molecule has 2 aromatic heterocycles. The summed E-state index contributed by atoms with van der Waals surface area (Å²) >= 11 is 0. The molecule has 0 aliphatic carbocycles. The fourth-order valence-electron chi connectivity index (χ4n) is 1.61. The van der Waals surface area contributed by atoms with E-state index in [1.807, 2.05) is 17.5 Å². The number of hydrogen-bond acceptors (Lipinski definition) is 4.